The number of nitrogens with zero attached hydrogens (tertiary/aromatic N) is 1. The van der Waals surface area contributed by atoms with E-state index in [0.717, 1.165) is 17.8 Å². The molecule has 20 heavy (non-hydrogen) atoms. The summed E-state index contributed by atoms with van der Waals surface area (Å²) in [6.07, 6.45) is 2.78. The van der Waals surface area contributed by atoms with Crippen molar-refractivity contribution >= 4 is 5.97 Å². The van der Waals surface area contributed by atoms with Crippen LogP contribution in [0.25, 0.3) is 0 Å². The molecule has 0 atom stereocenters. The number of carbonyl (C=O) groups excluding carboxylic acids is 1. The van der Waals surface area contributed by atoms with Crippen LogP contribution in [0, 0.1) is 0 Å². The molecule has 0 aliphatic carbocycles. The van der Waals surface area contributed by atoms with E-state index in [1.54, 1.807) is 12.3 Å². The topological polar surface area (TPSA) is 67.0 Å². The Kier molecular flexibility index (Phi) is 4.90. The summed E-state index contributed by atoms with van der Waals surface area (Å²) in [7, 11) is 1.37. The molecule has 0 amide bonds. The van der Waals surface area contributed by atoms with Crippen LogP contribution in [0.5, 0.6) is 0 Å². The molecule has 2 N–H and O–H groups in total. The van der Waals surface area contributed by atoms with Crippen LogP contribution < -0.4 is 5.32 Å². The maximum atomic E-state index is 11.3. The molecule has 0 aliphatic rings. The van der Waals surface area contributed by atoms with Crippen molar-refractivity contribution in [3.05, 3.63) is 53.1 Å². The summed E-state index contributed by atoms with van der Waals surface area (Å²) in [6, 6.07) is 7.64. The first kappa shape index (κ1) is 14.3. The first-order valence-corrected chi connectivity index (χ1v) is 6.64. The third-order valence-electron chi connectivity index (χ3n) is 3.13. The first-order valence-electron chi connectivity index (χ1n) is 6.64. The lowest BCUT2D eigenvalue weighted by Gasteiger charge is -2.07. The van der Waals surface area contributed by atoms with Crippen LogP contribution in [-0.2, 0) is 24.2 Å². The van der Waals surface area contributed by atoms with E-state index >= 15 is 0 Å². The molecule has 2 rings (SSSR count). The van der Waals surface area contributed by atoms with Gasteiger partial charge in [0, 0.05) is 25.0 Å². The van der Waals surface area contributed by atoms with E-state index < -0.39 is 0 Å². The Bertz CT molecular complexity index is 578. The van der Waals surface area contributed by atoms with E-state index in [-0.39, 0.29) is 5.97 Å². The van der Waals surface area contributed by atoms with Crippen molar-refractivity contribution in [3.8, 4) is 0 Å². The highest BCUT2D eigenvalue weighted by Gasteiger charge is 2.07. The Morgan fingerprint density at radius 1 is 1.35 bits per heavy atom. The number of hydrogen-bond donors (Lipinski definition) is 2. The monoisotopic (exact) mass is 273 g/mol. The minimum atomic E-state index is -0.353. The summed E-state index contributed by atoms with van der Waals surface area (Å²) in [5.74, 6) is -0.353. The molecule has 2 heterocycles. The van der Waals surface area contributed by atoms with Crippen LogP contribution in [0.4, 0.5) is 0 Å². The number of hydrogen-bond acceptors (Lipinski definition) is 4. The smallest absolute Gasteiger partial charge is 0.354 e. The molecule has 0 spiro atoms. The highest BCUT2D eigenvalue weighted by Crippen LogP contribution is 2.07. The number of nitrogens with one attached hydrogen (secondary N) is 2. The predicted molar refractivity (Wildman–Crippen MR) is 76.3 cm³/mol. The Morgan fingerprint density at radius 3 is 2.95 bits per heavy atom. The van der Waals surface area contributed by atoms with Gasteiger partial charge in [-0.15, -0.1) is 0 Å². The molecule has 5 nitrogen and oxygen atoms in total. The highest BCUT2D eigenvalue weighted by atomic mass is 16.5. The van der Waals surface area contributed by atoms with Gasteiger partial charge in [-0.05, 0) is 30.2 Å². The average Bonchev–Trinajstić information content (AvgIpc) is 2.96. The second kappa shape index (κ2) is 6.86. The molecule has 2 aromatic rings. The Labute approximate surface area is 118 Å². The molecule has 0 saturated carbocycles. The molecule has 0 unspecified atom stereocenters. The van der Waals surface area contributed by atoms with Crippen molar-refractivity contribution in [2.24, 2.45) is 0 Å². The Morgan fingerprint density at radius 2 is 2.20 bits per heavy atom. The van der Waals surface area contributed by atoms with Gasteiger partial charge < -0.3 is 15.0 Å². The van der Waals surface area contributed by atoms with E-state index in [1.165, 1.54) is 12.7 Å². The maximum Gasteiger partial charge on any atom is 0.354 e. The van der Waals surface area contributed by atoms with Gasteiger partial charge in [-0.3, -0.25) is 4.98 Å². The average molecular weight is 273 g/mol. The molecule has 0 bridgehead atoms. The first-order chi connectivity index (χ1) is 9.74. The number of methoxy groups -OCH3 is 1. The van der Waals surface area contributed by atoms with E-state index in [1.807, 2.05) is 12.1 Å². The minimum absolute atomic E-state index is 0.353. The number of pyridine rings is 1. The molecular weight excluding hydrogens is 254 g/mol. The van der Waals surface area contributed by atoms with Gasteiger partial charge in [0.05, 0.1) is 12.8 Å². The number of aromatic nitrogens is 2. The van der Waals surface area contributed by atoms with E-state index in [0.29, 0.717) is 18.8 Å². The van der Waals surface area contributed by atoms with Crippen LogP contribution in [0.2, 0.25) is 0 Å². The van der Waals surface area contributed by atoms with Crippen molar-refractivity contribution in [1.82, 2.24) is 15.3 Å². The summed E-state index contributed by atoms with van der Waals surface area (Å²) in [5.41, 5.74) is 3.73. The Hall–Kier alpha value is -2.14. The number of rotatable bonds is 6. The molecule has 0 saturated heterocycles. The molecular formula is C15H19N3O2. The number of aryl methyl sites for hydroxylation is 1. The number of ether oxygens (including phenoxy) is 1. The lowest BCUT2D eigenvalue weighted by atomic mass is 10.1. The van der Waals surface area contributed by atoms with E-state index in [2.05, 4.69) is 33.0 Å². The number of esters is 1. The van der Waals surface area contributed by atoms with Crippen molar-refractivity contribution < 1.29 is 9.53 Å². The zero-order valence-electron chi connectivity index (χ0n) is 11.8. The summed E-state index contributed by atoms with van der Waals surface area (Å²) >= 11 is 0. The summed E-state index contributed by atoms with van der Waals surface area (Å²) < 4.78 is 4.65. The summed E-state index contributed by atoms with van der Waals surface area (Å²) in [6.45, 7) is 3.47. The van der Waals surface area contributed by atoms with Crippen LogP contribution in [0.1, 0.15) is 34.4 Å². The number of H-pyrrole nitrogens is 1. The SMILES string of the molecule is CCc1cccnc1CNCc1ccc(C(=O)OC)[nH]1. The second-order valence-electron chi connectivity index (χ2n) is 4.46. The Balaban J connectivity index is 1.89. The van der Waals surface area contributed by atoms with E-state index in [9.17, 15) is 4.79 Å². The normalized spacial score (nSPS) is 10.5. The lowest BCUT2D eigenvalue weighted by Crippen LogP contribution is -2.15. The molecule has 0 aromatic carbocycles. The number of carbonyl (C=O) groups is 1. The van der Waals surface area contributed by atoms with Crippen molar-refractivity contribution in [2.45, 2.75) is 26.4 Å². The summed E-state index contributed by atoms with van der Waals surface area (Å²) in [5, 5.41) is 3.32. The zero-order valence-corrected chi connectivity index (χ0v) is 11.8. The molecule has 106 valence electrons. The quantitative estimate of drug-likeness (QED) is 0.790. The highest BCUT2D eigenvalue weighted by molar-refractivity contribution is 5.87. The van der Waals surface area contributed by atoms with Gasteiger partial charge >= 0.3 is 5.97 Å². The maximum absolute atomic E-state index is 11.3. The fraction of sp³-hybridized carbons (Fsp3) is 0.333. The van der Waals surface area contributed by atoms with Gasteiger partial charge in [0.2, 0.25) is 0 Å². The zero-order chi connectivity index (χ0) is 14.4. The van der Waals surface area contributed by atoms with Gasteiger partial charge in [0.1, 0.15) is 5.69 Å². The molecule has 0 fully saturated rings. The van der Waals surface area contributed by atoms with Crippen LogP contribution in [0.3, 0.4) is 0 Å². The van der Waals surface area contributed by atoms with Crippen molar-refractivity contribution in [1.29, 1.82) is 0 Å². The fourth-order valence-corrected chi connectivity index (χ4v) is 2.04. The third-order valence-corrected chi connectivity index (χ3v) is 3.13. The molecule has 0 radical (unpaired) electrons. The molecule has 2 aromatic heterocycles. The number of aromatic amines is 1. The summed E-state index contributed by atoms with van der Waals surface area (Å²) in [4.78, 5) is 18.7. The van der Waals surface area contributed by atoms with Crippen LogP contribution in [0.15, 0.2) is 30.5 Å². The van der Waals surface area contributed by atoms with Gasteiger partial charge in [-0.2, -0.15) is 0 Å². The standard InChI is InChI=1S/C15H19N3O2/c1-3-11-5-4-8-17-14(11)10-16-9-12-6-7-13(18-12)15(19)20-2/h4-8,16,18H,3,9-10H2,1-2H3. The second-order valence-corrected chi connectivity index (χ2v) is 4.46. The lowest BCUT2D eigenvalue weighted by molar-refractivity contribution is 0.0594. The van der Waals surface area contributed by atoms with E-state index in [4.69, 9.17) is 0 Å². The van der Waals surface area contributed by atoms with Crippen molar-refractivity contribution in [2.75, 3.05) is 7.11 Å². The molecule has 0 aliphatic heterocycles. The largest absolute Gasteiger partial charge is 0.464 e. The van der Waals surface area contributed by atoms with Crippen LogP contribution in [-0.4, -0.2) is 23.0 Å². The minimum Gasteiger partial charge on any atom is -0.464 e. The third kappa shape index (κ3) is 3.45. The predicted octanol–water partition coefficient (Wildman–Crippen LogP) is 2.05. The van der Waals surface area contributed by atoms with Gasteiger partial charge in [0.15, 0.2) is 0 Å². The fourth-order valence-electron chi connectivity index (χ4n) is 2.04. The van der Waals surface area contributed by atoms with Gasteiger partial charge in [-0.1, -0.05) is 13.0 Å². The van der Waals surface area contributed by atoms with Crippen LogP contribution >= 0.6 is 0 Å². The van der Waals surface area contributed by atoms with Gasteiger partial charge in [0.25, 0.3) is 0 Å². The van der Waals surface area contributed by atoms with Crippen molar-refractivity contribution in [3.63, 3.8) is 0 Å². The molecule has 5 heteroatoms. The van der Waals surface area contributed by atoms with Gasteiger partial charge in [-0.25, -0.2) is 4.79 Å².